The molecule has 1 saturated carbocycles. The van der Waals surface area contributed by atoms with Crippen molar-refractivity contribution < 1.29 is 13.2 Å². The summed E-state index contributed by atoms with van der Waals surface area (Å²) in [7, 11) is 0. The molecule has 2 aromatic heterocycles. The molecule has 0 spiro atoms. The van der Waals surface area contributed by atoms with Crippen LogP contribution in [0.4, 0.5) is 19.0 Å². The van der Waals surface area contributed by atoms with Crippen LogP contribution < -0.4 is 10.9 Å². The van der Waals surface area contributed by atoms with Crippen molar-refractivity contribution in [3.63, 3.8) is 0 Å². The van der Waals surface area contributed by atoms with Gasteiger partial charge in [-0.3, -0.25) is 4.79 Å². The molecule has 2 heterocycles. The largest absolute Gasteiger partial charge is 0.433 e. The number of halogens is 3. The topological polar surface area (TPSA) is 72.7 Å². The average molecular weight is 353 g/mol. The van der Waals surface area contributed by atoms with Gasteiger partial charge in [0.2, 0.25) is 0 Å². The van der Waals surface area contributed by atoms with Crippen LogP contribution in [-0.2, 0) is 6.18 Å². The number of hydrogen-bond donors (Lipinski definition) is 1. The van der Waals surface area contributed by atoms with E-state index in [-0.39, 0.29) is 23.5 Å². The molecule has 0 atom stereocenters. The number of anilines is 1. The molecule has 0 aromatic carbocycles. The minimum Gasteiger partial charge on any atom is -0.367 e. The highest BCUT2D eigenvalue weighted by Crippen LogP contribution is 2.31. The summed E-state index contributed by atoms with van der Waals surface area (Å²) in [5.74, 6) is 0.164. The van der Waals surface area contributed by atoms with Crippen LogP contribution in [0.1, 0.15) is 43.1 Å². The quantitative estimate of drug-likeness (QED) is 0.918. The van der Waals surface area contributed by atoms with Gasteiger partial charge in [-0.25, -0.2) is 14.6 Å². The van der Waals surface area contributed by atoms with E-state index in [4.69, 9.17) is 0 Å². The van der Waals surface area contributed by atoms with Crippen LogP contribution in [0.2, 0.25) is 0 Å². The Bertz CT molecular complexity index is 797. The van der Waals surface area contributed by atoms with Gasteiger partial charge in [0.05, 0.1) is 11.7 Å². The van der Waals surface area contributed by atoms with Crippen LogP contribution in [0, 0.1) is 6.92 Å². The van der Waals surface area contributed by atoms with E-state index in [0.29, 0.717) is 0 Å². The van der Waals surface area contributed by atoms with Crippen LogP contribution >= 0.6 is 0 Å². The second kappa shape index (κ2) is 6.81. The lowest BCUT2D eigenvalue weighted by atomic mass is 9.91. The van der Waals surface area contributed by atoms with Gasteiger partial charge in [0, 0.05) is 18.2 Å². The Morgan fingerprint density at radius 3 is 2.56 bits per heavy atom. The van der Waals surface area contributed by atoms with Crippen LogP contribution in [0.15, 0.2) is 29.3 Å². The number of nitrogens with zero attached hydrogens (tertiary/aromatic N) is 4. The van der Waals surface area contributed by atoms with Crippen molar-refractivity contribution >= 4 is 5.82 Å². The third kappa shape index (κ3) is 4.15. The minimum absolute atomic E-state index is 0.00717. The van der Waals surface area contributed by atoms with Crippen LogP contribution in [0.3, 0.4) is 0 Å². The summed E-state index contributed by atoms with van der Waals surface area (Å²) < 4.78 is 39.6. The van der Waals surface area contributed by atoms with Crippen LogP contribution in [-0.4, -0.2) is 25.8 Å². The Morgan fingerprint density at radius 1 is 1.16 bits per heavy atom. The molecule has 0 aliphatic heterocycles. The first kappa shape index (κ1) is 17.4. The molecule has 1 aliphatic carbocycles. The average Bonchev–Trinajstić information content (AvgIpc) is 2.57. The maximum atomic E-state index is 12.7. The lowest BCUT2D eigenvalue weighted by molar-refractivity contribution is -0.141. The fourth-order valence-corrected chi connectivity index (χ4v) is 3.05. The highest BCUT2D eigenvalue weighted by atomic mass is 19.4. The van der Waals surface area contributed by atoms with Gasteiger partial charge in [0.1, 0.15) is 17.8 Å². The summed E-state index contributed by atoms with van der Waals surface area (Å²) in [6, 6.07) is 4.12. The number of alkyl halides is 3. The summed E-state index contributed by atoms with van der Waals surface area (Å²) in [6.45, 7) is 1.83. The van der Waals surface area contributed by atoms with E-state index < -0.39 is 11.9 Å². The standard InChI is InChI=1S/C16H18F3N5O/c1-10-2-7-15(25)24(23-10)12-5-3-11(4-6-12)22-14-8-13(16(17,18)19)20-9-21-14/h2,7-9,11-12H,3-6H2,1H3,(H,20,21,22). The fraction of sp³-hybridized carbons (Fsp3) is 0.500. The molecule has 2 aromatic rings. The smallest absolute Gasteiger partial charge is 0.367 e. The predicted molar refractivity (Wildman–Crippen MR) is 85.2 cm³/mol. The zero-order valence-electron chi connectivity index (χ0n) is 13.6. The van der Waals surface area contributed by atoms with E-state index in [0.717, 1.165) is 43.8 Å². The number of hydrogen-bond acceptors (Lipinski definition) is 5. The number of aromatic nitrogens is 4. The SMILES string of the molecule is Cc1ccc(=O)n(C2CCC(Nc3cc(C(F)(F)F)ncn3)CC2)n1. The van der Waals surface area contributed by atoms with Crippen LogP contribution in [0.5, 0.6) is 0 Å². The minimum atomic E-state index is -4.49. The Hall–Kier alpha value is -2.45. The van der Waals surface area contributed by atoms with Crippen molar-refractivity contribution in [1.29, 1.82) is 0 Å². The first-order valence-corrected chi connectivity index (χ1v) is 8.05. The lowest BCUT2D eigenvalue weighted by Gasteiger charge is -2.30. The van der Waals surface area contributed by atoms with E-state index in [1.165, 1.54) is 10.7 Å². The summed E-state index contributed by atoms with van der Waals surface area (Å²) in [5.41, 5.74) is -0.317. The van der Waals surface area contributed by atoms with E-state index in [2.05, 4.69) is 20.4 Å². The lowest BCUT2D eigenvalue weighted by Crippen LogP contribution is -2.33. The predicted octanol–water partition coefficient (Wildman–Crippen LogP) is 2.96. The molecular weight excluding hydrogens is 335 g/mol. The molecule has 9 heteroatoms. The third-order valence-corrected chi connectivity index (χ3v) is 4.31. The second-order valence-electron chi connectivity index (χ2n) is 6.19. The molecule has 3 rings (SSSR count). The summed E-state index contributed by atoms with van der Waals surface area (Å²) in [4.78, 5) is 19.0. The molecule has 1 fully saturated rings. The summed E-state index contributed by atoms with van der Waals surface area (Å²) in [6.07, 6.45) is -0.686. The maximum absolute atomic E-state index is 12.7. The third-order valence-electron chi connectivity index (χ3n) is 4.31. The van der Waals surface area contributed by atoms with Crippen molar-refractivity contribution in [2.45, 2.75) is 50.9 Å². The van der Waals surface area contributed by atoms with Crippen molar-refractivity contribution in [1.82, 2.24) is 19.7 Å². The first-order valence-electron chi connectivity index (χ1n) is 8.05. The summed E-state index contributed by atoms with van der Waals surface area (Å²) >= 11 is 0. The zero-order chi connectivity index (χ0) is 18.0. The molecule has 1 aliphatic rings. The molecule has 25 heavy (non-hydrogen) atoms. The van der Waals surface area contributed by atoms with Crippen molar-refractivity contribution in [3.05, 3.63) is 46.3 Å². The van der Waals surface area contributed by atoms with Gasteiger partial charge in [-0.05, 0) is 38.7 Å². The number of rotatable bonds is 3. The Morgan fingerprint density at radius 2 is 1.88 bits per heavy atom. The van der Waals surface area contributed by atoms with Gasteiger partial charge in [-0.2, -0.15) is 18.3 Å². The molecule has 0 radical (unpaired) electrons. The Balaban J connectivity index is 1.63. The maximum Gasteiger partial charge on any atom is 0.433 e. The van der Waals surface area contributed by atoms with Crippen molar-refractivity contribution in [3.8, 4) is 0 Å². The molecule has 1 N–H and O–H groups in total. The van der Waals surface area contributed by atoms with Gasteiger partial charge >= 0.3 is 6.18 Å². The van der Waals surface area contributed by atoms with Crippen molar-refractivity contribution in [2.75, 3.05) is 5.32 Å². The van der Waals surface area contributed by atoms with Crippen molar-refractivity contribution in [2.24, 2.45) is 0 Å². The first-order chi connectivity index (χ1) is 11.8. The zero-order valence-corrected chi connectivity index (χ0v) is 13.6. The number of aryl methyl sites for hydroxylation is 1. The fourth-order valence-electron chi connectivity index (χ4n) is 3.05. The Kier molecular flexibility index (Phi) is 4.73. The highest BCUT2D eigenvalue weighted by molar-refractivity contribution is 5.36. The van der Waals surface area contributed by atoms with E-state index in [1.54, 1.807) is 6.07 Å². The van der Waals surface area contributed by atoms with Gasteiger partial charge in [-0.15, -0.1) is 0 Å². The van der Waals surface area contributed by atoms with Gasteiger partial charge < -0.3 is 5.32 Å². The second-order valence-corrected chi connectivity index (χ2v) is 6.19. The van der Waals surface area contributed by atoms with Gasteiger partial charge in [-0.1, -0.05) is 0 Å². The van der Waals surface area contributed by atoms with E-state index in [1.807, 2.05) is 6.92 Å². The molecule has 0 amide bonds. The van der Waals surface area contributed by atoms with Crippen LogP contribution in [0.25, 0.3) is 0 Å². The summed E-state index contributed by atoms with van der Waals surface area (Å²) in [5, 5.41) is 7.31. The van der Waals surface area contributed by atoms with Gasteiger partial charge in [0.15, 0.2) is 0 Å². The molecule has 0 bridgehead atoms. The highest BCUT2D eigenvalue weighted by Gasteiger charge is 2.33. The Labute approximate surface area is 142 Å². The monoisotopic (exact) mass is 353 g/mol. The molecule has 0 saturated heterocycles. The van der Waals surface area contributed by atoms with Gasteiger partial charge in [0.25, 0.3) is 5.56 Å². The molecule has 0 unspecified atom stereocenters. The molecule has 6 nitrogen and oxygen atoms in total. The molecular formula is C16H18F3N5O. The molecule has 134 valence electrons. The van der Waals surface area contributed by atoms with E-state index in [9.17, 15) is 18.0 Å². The van der Waals surface area contributed by atoms with E-state index >= 15 is 0 Å². The normalized spacial score (nSPS) is 21.1. The number of nitrogens with one attached hydrogen (secondary N) is 1.